The van der Waals surface area contributed by atoms with E-state index in [-0.39, 0.29) is 0 Å². The highest BCUT2D eigenvalue weighted by atomic mass is 32.1. The molecule has 1 rings (SSSR count). The van der Waals surface area contributed by atoms with Gasteiger partial charge in [-0.2, -0.15) is 0 Å². The van der Waals surface area contributed by atoms with E-state index in [0.29, 0.717) is 16.9 Å². The van der Waals surface area contributed by atoms with E-state index in [1.54, 1.807) is 0 Å². The van der Waals surface area contributed by atoms with Crippen molar-refractivity contribution in [2.45, 2.75) is 25.8 Å². The molecular weight excluding hydrogens is 206 g/mol. The largest absolute Gasteiger partial charge is 0.393 e. The number of nitrogens with zero attached hydrogens (tertiary/aromatic N) is 2. The van der Waals surface area contributed by atoms with E-state index in [1.165, 1.54) is 19.4 Å². The van der Waals surface area contributed by atoms with Crippen molar-refractivity contribution in [1.82, 2.24) is 9.80 Å². The van der Waals surface area contributed by atoms with Gasteiger partial charge in [-0.3, -0.25) is 4.90 Å². The van der Waals surface area contributed by atoms with Crippen molar-refractivity contribution in [3.05, 3.63) is 0 Å². The molecule has 0 amide bonds. The minimum Gasteiger partial charge on any atom is -0.393 e. The van der Waals surface area contributed by atoms with Crippen LogP contribution < -0.4 is 5.73 Å². The number of likely N-dealkylation sites (tertiary alicyclic amines) is 1. The average Bonchev–Trinajstić information content (AvgIpc) is 2.51. The van der Waals surface area contributed by atoms with Gasteiger partial charge >= 0.3 is 0 Å². The Kier molecular flexibility index (Phi) is 4.96. The summed E-state index contributed by atoms with van der Waals surface area (Å²) in [6.45, 7) is 5.48. The van der Waals surface area contributed by atoms with Crippen LogP contribution in [-0.2, 0) is 0 Å². The van der Waals surface area contributed by atoms with E-state index >= 15 is 0 Å². The first-order valence-electron chi connectivity index (χ1n) is 5.68. The summed E-state index contributed by atoms with van der Waals surface area (Å²) in [7, 11) is 4.26. The van der Waals surface area contributed by atoms with Gasteiger partial charge in [-0.25, -0.2) is 0 Å². The Labute approximate surface area is 98.6 Å². The number of nitrogens with two attached hydrogens (primary N) is 1. The van der Waals surface area contributed by atoms with Crippen LogP contribution >= 0.6 is 12.2 Å². The van der Waals surface area contributed by atoms with Crippen molar-refractivity contribution in [3.8, 4) is 0 Å². The maximum Gasteiger partial charge on any atom is 0.0768 e. The monoisotopic (exact) mass is 229 g/mol. The van der Waals surface area contributed by atoms with Crippen LogP contribution in [0.3, 0.4) is 0 Å². The molecular formula is C11H23N3S. The second-order valence-corrected chi connectivity index (χ2v) is 5.33. The Morgan fingerprint density at radius 3 is 2.80 bits per heavy atom. The molecule has 2 atom stereocenters. The van der Waals surface area contributed by atoms with E-state index < -0.39 is 0 Å². The third-order valence-corrected chi connectivity index (χ3v) is 3.47. The molecule has 0 aromatic rings. The van der Waals surface area contributed by atoms with Crippen LogP contribution in [0.25, 0.3) is 0 Å². The van der Waals surface area contributed by atoms with Crippen LogP contribution in [0.4, 0.5) is 0 Å². The van der Waals surface area contributed by atoms with Gasteiger partial charge in [-0.15, -0.1) is 0 Å². The standard InChI is InChI=1S/C11H23N3S/c1-9(11(12)15)7-14-6-4-5-10(14)8-13(2)3/h9-10H,4-8H2,1-3H3,(H2,12,15). The van der Waals surface area contributed by atoms with Gasteiger partial charge < -0.3 is 10.6 Å². The van der Waals surface area contributed by atoms with Gasteiger partial charge in [0.1, 0.15) is 0 Å². The zero-order chi connectivity index (χ0) is 11.4. The van der Waals surface area contributed by atoms with Crippen LogP contribution in [-0.4, -0.2) is 54.6 Å². The summed E-state index contributed by atoms with van der Waals surface area (Å²) in [6, 6.07) is 0.691. The number of thiocarbonyl (C=S) groups is 1. The first-order chi connectivity index (χ1) is 7.00. The van der Waals surface area contributed by atoms with E-state index in [9.17, 15) is 0 Å². The molecule has 88 valence electrons. The Bertz CT molecular complexity index is 218. The quantitative estimate of drug-likeness (QED) is 0.711. The van der Waals surface area contributed by atoms with Gasteiger partial charge in [0.05, 0.1) is 4.99 Å². The summed E-state index contributed by atoms with van der Waals surface area (Å²) >= 11 is 5.02. The Morgan fingerprint density at radius 1 is 1.60 bits per heavy atom. The van der Waals surface area contributed by atoms with Crippen LogP contribution in [0, 0.1) is 5.92 Å². The molecule has 1 saturated heterocycles. The highest BCUT2D eigenvalue weighted by Crippen LogP contribution is 2.19. The minimum absolute atomic E-state index is 0.336. The number of hydrogen-bond acceptors (Lipinski definition) is 3. The van der Waals surface area contributed by atoms with Gasteiger partial charge in [0, 0.05) is 25.0 Å². The molecule has 0 saturated carbocycles. The molecule has 0 aromatic carbocycles. The zero-order valence-electron chi connectivity index (χ0n) is 10.1. The Hall–Kier alpha value is -0.190. The summed E-state index contributed by atoms with van der Waals surface area (Å²) in [5.41, 5.74) is 5.66. The molecule has 4 heteroatoms. The van der Waals surface area contributed by atoms with Crippen molar-refractivity contribution in [2.75, 3.05) is 33.7 Å². The summed E-state index contributed by atoms with van der Waals surface area (Å²) in [5.74, 6) is 0.336. The fraction of sp³-hybridized carbons (Fsp3) is 0.909. The zero-order valence-corrected chi connectivity index (χ0v) is 10.9. The molecule has 1 aliphatic heterocycles. The fourth-order valence-corrected chi connectivity index (χ4v) is 2.28. The molecule has 0 spiro atoms. The molecule has 15 heavy (non-hydrogen) atoms. The van der Waals surface area contributed by atoms with E-state index in [1.807, 2.05) is 0 Å². The summed E-state index contributed by atoms with van der Waals surface area (Å²) < 4.78 is 0. The van der Waals surface area contributed by atoms with Gasteiger partial charge in [0.25, 0.3) is 0 Å². The number of hydrogen-bond donors (Lipinski definition) is 1. The third-order valence-electron chi connectivity index (χ3n) is 3.07. The van der Waals surface area contributed by atoms with Crippen molar-refractivity contribution in [2.24, 2.45) is 11.7 Å². The van der Waals surface area contributed by atoms with Crippen LogP contribution in [0.5, 0.6) is 0 Å². The summed E-state index contributed by atoms with van der Waals surface area (Å²) in [5, 5.41) is 0. The SMILES string of the molecule is CC(CN1CCCC1CN(C)C)C(N)=S. The molecule has 1 heterocycles. The van der Waals surface area contributed by atoms with Crippen LogP contribution in [0.15, 0.2) is 0 Å². The minimum atomic E-state index is 0.336. The maximum absolute atomic E-state index is 5.66. The van der Waals surface area contributed by atoms with Gasteiger partial charge in [0.2, 0.25) is 0 Å². The van der Waals surface area contributed by atoms with E-state index in [4.69, 9.17) is 18.0 Å². The third kappa shape index (κ3) is 4.05. The molecule has 0 bridgehead atoms. The molecule has 2 unspecified atom stereocenters. The summed E-state index contributed by atoms with van der Waals surface area (Å²) in [4.78, 5) is 5.43. The second-order valence-electron chi connectivity index (χ2n) is 4.86. The number of likely N-dealkylation sites (N-methyl/N-ethyl adjacent to an activating group) is 1. The van der Waals surface area contributed by atoms with E-state index in [2.05, 4.69) is 30.8 Å². The summed E-state index contributed by atoms with van der Waals surface area (Å²) in [6.07, 6.45) is 2.62. The van der Waals surface area contributed by atoms with Gasteiger partial charge in [-0.1, -0.05) is 19.1 Å². The highest BCUT2D eigenvalue weighted by Gasteiger charge is 2.26. The van der Waals surface area contributed by atoms with Gasteiger partial charge in [0.15, 0.2) is 0 Å². The smallest absolute Gasteiger partial charge is 0.0768 e. The normalized spacial score (nSPS) is 24.7. The predicted octanol–water partition coefficient (Wildman–Crippen LogP) is 0.935. The lowest BCUT2D eigenvalue weighted by molar-refractivity contribution is 0.199. The second kappa shape index (κ2) is 5.77. The van der Waals surface area contributed by atoms with Crippen LogP contribution in [0.2, 0.25) is 0 Å². The molecule has 1 fully saturated rings. The average molecular weight is 229 g/mol. The molecule has 3 nitrogen and oxygen atoms in total. The van der Waals surface area contributed by atoms with Crippen molar-refractivity contribution in [3.63, 3.8) is 0 Å². The predicted molar refractivity (Wildman–Crippen MR) is 69.1 cm³/mol. The molecule has 1 aliphatic rings. The maximum atomic E-state index is 5.66. The molecule has 2 N–H and O–H groups in total. The molecule has 0 radical (unpaired) electrons. The molecule has 0 aliphatic carbocycles. The fourth-order valence-electron chi connectivity index (χ4n) is 2.21. The Morgan fingerprint density at radius 2 is 2.27 bits per heavy atom. The lowest BCUT2D eigenvalue weighted by Gasteiger charge is -2.28. The Balaban J connectivity index is 2.42. The van der Waals surface area contributed by atoms with Crippen molar-refractivity contribution >= 4 is 17.2 Å². The topological polar surface area (TPSA) is 32.5 Å². The van der Waals surface area contributed by atoms with Crippen molar-refractivity contribution < 1.29 is 0 Å². The lowest BCUT2D eigenvalue weighted by atomic mass is 10.1. The van der Waals surface area contributed by atoms with Crippen molar-refractivity contribution in [1.29, 1.82) is 0 Å². The first kappa shape index (κ1) is 12.9. The van der Waals surface area contributed by atoms with Gasteiger partial charge in [-0.05, 0) is 33.5 Å². The van der Waals surface area contributed by atoms with Crippen LogP contribution in [0.1, 0.15) is 19.8 Å². The number of rotatable bonds is 5. The molecule has 0 aromatic heterocycles. The highest BCUT2D eigenvalue weighted by molar-refractivity contribution is 7.80. The first-order valence-corrected chi connectivity index (χ1v) is 6.09. The van der Waals surface area contributed by atoms with E-state index in [0.717, 1.165) is 13.1 Å². The lowest BCUT2D eigenvalue weighted by Crippen LogP contribution is -2.41.